The highest BCUT2D eigenvalue weighted by molar-refractivity contribution is 5.98. The molecule has 1 heterocycles. The van der Waals surface area contributed by atoms with Crippen molar-refractivity contribution >= 4 is 11.9 Å². The van der Waals surface area contributed by atoms with Crippen LogP contribution in [0.1, 0.15) is 30.6 Å². The maximum atomic E-state index is 12.5. The van der Waals surface area contributed by atoms with E-state index in [0.717, 1.165) is 0 Å². The number of hydrogen-bond donors (Lipinski definition) is 2. The number of carbonyl (C=O) groups is 2. The van der Waals surface area contributed by atoms with Crippen LogP contribution in [0.25, 0.3) is 11.3 Å². The predicted octanol–water partition coefficient (Wildman–Crippen LogP) is 2.99. The first-order chi connectivity index (χ1) is 12.0. The van der Waals surface area contributed by atoms with Gasteiger partial charge in [-0.1, -0.05) is 26.3 Å². The van der Waals surface area contributed by atoms with E-state index in [-0.39, 0.29) is 5.92 Å². The Balaban J connectivity index is 2.33. The zero-order chi connectivity index (χ0) is 18.4. The molecule has 0 bridgehead atoms. The topological polar surface area (TPSA) is 88.5 Å². The highest BCUT2D eigenvalue weighted by atomic mass is 16.5. The SMILES string of the molecule is CC[C@H](C)[C@H](NC(=O)c1ccc(OC)c(-c2ccccn2)c1)C(=O)O. The Hall–Kier alpha value is -2.89. The Labute approximate surface area is 146 Å². The van der Waals surface area contributed by atoms with E-state index in [9.17, 15) is 14.7 Å². The van der Waals surface area contributed by atoms with Gasteiger partial charge in [0, 0.05) is 17.3 Å². The molecule has 2 atom stereocenters. The van der Waals surface area contributed by atoms with Crippen LogP contribution in [0.4, 0.5) is 0 Å². The van der Waals surface area contributed by atoms with E-state index in [4.69, 9.17) is 4.74 Å². The second-order valence-corrected chi connectivity index (χ2v) is 5.80. The number of ether oxygens (including phenoxy) is 1. The van der Waals surface area contributed by atoms with Crippen LogP contribution < -0.4 is 10.1 Å². The normalized spacial score (nSPS) is 12.9. The van der Waals surface area contributed by atoms with Crippen LogP contribution in [0.5, 0.6) is 5.75 Å². The van der Waals surface area contributed by atoms with E-state index in [1.807, 2.05) is 19.1 Å². The first-order valence-corrected chi connectivity index (χ1v) is 8.11. The monoisotopic (exact) mass is 342 g/mol. The number of pyridine rings is 1. The summed E-state index contributed by atoms with van der Waals surface area (Å²) in [6.45, 7) is 3.69. The van der Waals surface area contributed by atoms with Gasteiger partial charge < -0.3 is 15.2 Å². The van der Waals surface area contributed by atoms with Gasteiger partial charge in [0.05, 0.1) is 12.8 Å². The van der Waals surface area contributed by atoms with E-state index in [0.29, 0.717) is 29.0 Å². The van der Waals surface area contributed by atoms with Gasteiger partial charge in [0.2, 0.25) is 0 Å². The average molecular weight is 342 g/mol. The molecule has 0 fully saturated rings. The lowest BCUT2D eigenvalue weighted by Crippen LogP contribution is -2.45. The summed E-state index contributed by atoms with van der Waals surface area (Å²) in [6, 6.07) is 9.48. The van der Waals surface area contributed by atoms with Crippen molar-refractivity contribution in [2.45, 2.75) is 26.3 Å². The third-order valence-corrected chi connectivity index (χ3v) is 4.17. The third kappa shape index (κ3) is 4.35. The Kier molecular flexibility index (Phi) is 6.11. The summed E-state index contributed by atoms with van der Waals surface area (Å²) in [5.41, 5.74) is 1.70. The Morgan fingerprint density at radius 2 is 2.04 bits per heavy atom. The van der Waals surface area contributed by atoms with Gasteiger partial charge >= 0.3 is 5.97 Å². The summed E-state index contributed by atoms with van der Waals surface area (Å²) in [5.74, 6) is -1.06. The minimum Gasteiger partial charge on any atom is -0.496 e. The second kappa shape index (κ2) is 8.28. The quantitative estimate of drug-likeness (QED) is 0.807. The van der Waals surface area contributed by atoms with Crippen LogP contribution in [0.2, 0.25) is 0 Å². The summed E-state index contributed by atoms with van der Waals surface area (Å²) in [6.07, 6.45) is 2.31. The number of rotatable bonds is 7. The minimum absolute atomic E-state index is 0.171. The molecule has 1 aromatic carbocycles. The summed E-state index contributed by atoms with van der Waals surface area (Å²) >= 11 is 0. The molecule has 0 aliphatic rings. The molecule has 2 N–H and O–H groups in total. The number of amides is 1. The lowest BCUT2D eigenvalue weighted by molar-refractivity contribution is -0.140. The number of methoxy groups -OCH3 is 1. The lowest BCUT2D eigenvalue weighted by atomic mass is 9.98. The van der Waals surface area contributed by atoms with Crippen LogP contribution in [0.15, 0.2) is 42.6 Å². The summed E-state index contributed by atoms with van der Waals surface area (Å²) in [5, 5.41) is 11.9. The van der Waals surface area contributed by atoms with Crippen LogP contribution >= 0.6 is 0 Å². The number of carboxylic acid groups (broad SMARTS) is 1. The van der Waals surface area contributed by atoms with Crippen LogP contribution in [-0.2, 0) is 4.79 Å². The van der Waals surface area contributed by atoms with Crippen LogP contribution in [-0.4, -0.2) is 35.1 Å². The molecule has 2 rings (SSSR count). The maximum absolute atomic E-state index is 12.5. The Morgan fingerprint density at radius 1 is 1.28 bits per heavy atom. The fourth-order valence-electron chi connectivity index (χ4n) is 2.48. The Bertz CT molecular complexity index is 746. The van der Waals surface area contributed by atoms with Gasteiger partial charge in [-0.05, 0) is 36.2 Å². The van der Waals surface area contributed by atoms with Gasteiger partial charge in [-0.3, -0.25) is 9.78 Å². The molecule has 25 heavy (non-hydrogen) atoms. The molecule has 1 aromatic heterocycles. The third-order valence-electron chi connectivity index (χ3n) is 4.17. The number of benzene rings is 1. The fourth-order valence-corrected chi connectivity index (χ4v) is 2.48. The van der Waals surface area contributed by atoms with Gasteiger partial charge in [-0.2, -0.15) is 0 Å². The fraction of sp³-hybridized carbons (Fsp3) is 0.316. The van der Waals surface area contributed by atoms with E-state index in [1.165, 1.54) is 0 Å². The lowest BCUT2D eigenvalue weighted by Gasteiger charge is -2.20. The Morgan fingerprint density at radius 3 is 2.60 bits per heavy atom. The van der Waals surface area contributed by atoms with Crippen molar-refractivity contribution in [1.29, 1.82) is 0 Å². The first kappa shape index (κ1) is 18.4. The molecule has 0 saturated carbocycles. The zero-order valence-corrected chi connectivity index (χ0v) is 14.5. The molecule has 0 radical (unpaired) electrons. The average Bonchev–Trinajstić information content (AvgIpc) is 2.65. The smallest absolute Gasteiger partial charge is 0.326 e. The number of hydrogen-bond acceptors (Lipinski definition) is 4. The van der Waals surface area contributed by atoms with E-state index < -0.39 is 17.9 Å². The van der Waals surface area contributed by atoms with E-state index in [2.05, 4.69) is 10.3 Å². The van der Waals surface area contributed by atoms with Crippen molar-refractivity contribution in [3.05, 3.63) is 48.2 Å². The van der Waals surface area contributed by atoms with Crippen molar-refractivity contribution < 1.29 is 19.4 Å². The molecule has 0 aliphatic carbocycles. The van der Waals surface area contributed by atoms with Crippen molar-refractivity contribution in [3.8, 4) is 17.0 Å². The molecule has 0 spiro atoms. The van der Waals surface area contributed by atoms with Gasteiger partial charge in [0.25, 0.3) is 5.91 Å². The highest BCUT2D eigenvalue weighted by Crippen LogP contribution is 2.29. The number of nitrogens with one attached hydrogen (secondary N) is 1. The van der Waals surface area contributed by atoms with Gasteiger partial charge in [-0.15, -0.1) is 0 Å². The maximum Gasteiger partial charge on any atom is 0.326 e. The van der Waals surface area contributed by atoms with Gasteiger partial charge in [0.15, 0.2) is 0 Å². The number of aromatic nitrogens is 1. The van der Waals surface area contributed by atoms with Crippen LogP contribution in [0, 0.1) is 5.92 Å². The van der Waals surface area contributed by atoms with E-state index >= 15 is 0 Å². The van der Waals surface area contributed by atoms with Gasteiger partial charge in [0.1, 0.15) is 11.8 Å². The van der Waals surface area contributed by atoms with Crippen molar-refractivity contribution in [2.24, 2.45) is 5.92 Å². The molecule has 6 nitrogen and oxygen atoms in total. The molecular formula is C19H22N2O4. The van der Waals surface area contributed by atoms with Crippen molar-refractivity contribution in [3.63, 3.8) is 0 Å². The zero-order valence-electron chi connectivity index (χ0n) is 14.5. The molecule has 0 aliphatic heterocycles. The summed E-state index contributed by atoms with van der Waals surface area (Å²) in [4.78, 5) is 28.2. The molecular weight excluding hydrogens is 320 g/mol. The molecule has 132 valence electrons. The minimum atomic E-state index is -1.04. The first-order valence-electron chi connectivity index (χ1n) is 8.11. The number of aliphatic carboxylic acids is 1. The molecule has 2 aromatic rings. The summed E-state index contributed by atoms with van der Waals surface area (Å²) < 4.78 is 5.34. The standard InChI is InChI=1S/C19H22N2O4/c1-4-12(2)17(19(23)24)21-18(22)13-8-9-16(25-3)14(11-13)15-7-5-6-10-20-15/h5-12,17H,4H2,1-3H3,(H,21,22)(H,23,24)/t12-,17-/m0/s1. The highest BCUT2D eigenvalue weighted by Gasteiger charge is 2.26. The molecule has 1 amide bonds. The van der Waals surface area contributed by atoms with Crippen LogP contribution in [0.3, 0.4) is 0 Å². The molecule has 6 heteroatoms. The number of carbonyl (C=O) groups excluding carboxylic acids is 1. The molecule has 0 saturated heterocycles. The number of nitrogens with zero attached hydrogens (tertiary/aromatic N) is 1. The predicted molar refractivity (Wildman–Crippen MR) is 94.6 cm³/mol. The number of carboxylic acids is 1. The second-order valence-electron chi connectivity index (χ2n) is 5.80. The van der Waals surface area contributed by atoms with Gasteiger partial charge in [-0.25, -0.2) is 4.79 Å². The van der Waals surface area contributed by atoms with Crippen molar-refractivity contribution in [2.75, 3.05) is 7.11 Å². The molecule has 0 unspecified atom stereocenters. The summed E-state index contributed by atoms with van der Waals surface area (Å²) in [7, 11) is 1.55. The van der Waals surface area contributed by atoms with E-state index in [1.54, 1.807) is 44.5 Å². The van der Waals surface area contributed by atoms with Crippen molar-refractivity contribution in [1.82, 2.24) is 10.3 Å². The largest absolute Gasteiger partial charge is 0.496 e.